The predicted octanol–water partition coefficient (Wildman–Crippen LogP) is 3.68. The van der Waals surface area contributed by atoms with Crippen molar-refractivity contribution in [3.8, 4) is 0 Å². The minimum absolute atomic E-state index is 0. The molecular formula is C13H14O. The van der Waals surface area contributed by atoms with Gasteiger partial charge in [0.2, 0.25) is 0 Å². The maximum atomic E-state index is 11.3. The molecule has 1 heteroatoms. The summed E-state index contributed by atoms with van der Waals surface area (Å²) in [7, 11) is 0. The van der Waals surface area contributed by atoms with Gasteiger partial charge in [0.1, 0.15) is 0 Å². The third kappa shape index (κ3) is 1.67. The van der Waals surface area contributed by atoms with Gasteiger partial charge in [-0.25, -0.2) is 0 Å². The monoisotopic (exact) mass is 186 g/mol. The van der Waals surface area contributed by atoms with Crippen LogP contribution in [0.25, 0.3) is 10.8 Å². The van der Waals surface area contributed by atoms with Crippen molar-refractivity contribution in [3.05, 3.63) is 48.0 Å². The van der Waals surface area contributed by atoms with Crippen molar-refractivity contribution < 1.29 is 4.79 Å². The molecule has 0 saturated heterocycles. The molecule has 0 aliphatic heterocycles. The maximum absolute atomic E-state index is 11.3. The molecule has 0 aliphatic carbocycles. The Morgan fingerprint density at radius 2 is 1.64 bits per heavy atom. The third-order valence-corrected chi connectivity index (χ3v) is 2.17. The first-order valence-electron chi connectivity index (χ1n) is 4.28. The summed E-state index contributed by atoms with van der Waals surface area (Å²) in [5.41, 5.74) is 0.804. The molecule has 2 rings (SSSR count). The van der Waals surface area contributed by atoms with E-state index in [1.165, 1.54) is 0 Å². The zero-order valence-electron chi connectivity index (χ0n) is 7.45. The van der Waals surface area contributed by atoms with Gasteiger partial charge in [-0.1, -0.05) is 49.9 Å². The Hall–Kier alpha value is -1.63. The molecule has 14 heavy (non-hydrogen) atoms. The minimum Gasteiger partial charge on any atom is -0.294 e. The SMILES string of the molecule is C.CC(=O)c1cccc2ccccc12. The van der Waals surface area contributed by atoms with Crippen molar-refractivity contribution >= 4 is 16.6 Å². The molecule has 0 aliphatic rings. The fraction of sp³-hybridized carbons (Fsp3) is 0.154. The molecule has 2 aromatic carbocycles. The van der Waals surface area contributed by atoms with E-state index in [9.17, 15) is 4.79 Å². The second-order valence-corrected chi connectivity index (χ2v) is 3.08. The summed E-state index contributed by atoms with van der Waals surface area (Å²) in [5.74, 6) is 0.122. The highest BCUT2D eigenvalue weighted by atomic mass is 16.1. The van der Waals surface area contributed by atoms with Gasteiger partial charge in [0, 0.05) is 5.56 Å². The lowest BCUT2D eigenvalue weighted by molar-refractivity contribution is 0.101. The Morgan fingerprint density at radius 1 is 1.00 bits per heavy atom. The summed E-state index contributed by atoms with van der Waals surface area (Å²) in [6, 6.07) is 13.7. The second kappa shape index (κ2) is 4.05. The van der Waals surface area contributed by atoms with Crippen LogP contribution in [0.1, 0.15) is 24.7 Å². The first-order chi connectivity index (χ1) is 6.29. The van der Waals surface area contributed by atoms with E-state index in [-0.39, 0.29) is 13.2 Å². The molecular weight excluding hydrogens is 172 g/mol. The zero-order valence-corrected chi connectivity index (χ0v) is 7.45. The average Bonchev–Trinajstić information content (AvgIpc) is 2.17. The summed E-state index contributed by atoms with van der Waals surface area (Å²) < 4.78 is 0. The molecule has 0 heterocycles. The molecule has 0 N–H and O–H groups in total. The molecule has 0 radical (unpaired) electrons. The Morgan fingerprint density at radius 3 is 2.36 bits per heavy atom. The van der Waals surface area contributed by atoms with Gasteiger partial charge in [-0.3, -0.25) is 4.79 Å². The number of rotatable bonds is 1. The van der Waals surface area contributed by atoms with Gasteiger partial charge in [0.25, 0.3) is 0 Å². The standard InChI is InChI=1S/C12H10O.CH4/c1-9(13)11-8-4-6-10-5-2-3-7-12(10)11;/h2-8H,1H3;1H4. The largest absolute Gasteiger partial charge is 0.294 e. The lowest BCUT2D eigenvalue weighted by Gasteiger charge is -2.01. The number of ketones is 1. The Balaban J connectivity index is 0.000000980. The highest BCUT2D eigenvalue weighted by Crippen LogP contribution is 2.18. The van der Waals surface area contributed by atoms with Gasteiger partial charge < -0.3 is 0 Å². The topological polar surface area (TPSA) is 17.1 Å². The molecule has 0 unspecified atom stereocenters. The third-order valence-electron chi connectivity index (χ3n) is 2.17. The smallest absolute Gasteiger partial charge is 0.160 e. The maximum Gasteiger partial charge on any atom is 0.160 e. The summed E-state index contributed by atoms with van der Waals surface area (Å²) in [6.45, 7) is 1.60. The molecule has 0 saturated carbocycles. The van der Waals surface area contributed by atoms with Crippen molar-refractivity contribution in [1.29, 1.82) is 0 Å². The van der Waals surface area contributed by atoms with E-state index in [0.717, 1.165) is 16.3 Å². The van der Waals surface area contributed by atoms with Gasteiger partial charge in [-0.15, -0.1) is 0 Å². The lowest BCUT2D eigenvalue weighted by atomic mass is 10.0. The molecule has 2 aromatic rings. The highest BCUT2D eigenvalue weighted by Gasteiger charge is 2.02. The van der Waals surface area contributed by atoms with Crippen LogP contribution >= 0.6 is 0 Å². The van der Waals surface area contributed by atoms with Crippen molar-refractivity contribution in [2.24, 2.45) is 0 Å². The molecule has 0 atom stereocenters. The molecule has 0 amide bonds. The molecule has 0 spiro atoms. The van der Waals surface area contributed by atoms with Crippen LogP contribution in [0.3, 0.4) is 0 Å². The van der Waals surface area contributed by atoms with Crippen LogP contribution in [-0.4, -0.2) is 5.78 Å². The fourth-order valence-corrected chi connectivity index (χ4v) is 1.53. The molecule has 0 fully saturated rings. The van der Waals surface area contributed by atoms with Crippen LogP contribution in [0.4, 0.5) is 0 Å². The lowest BCUT2D eigenvalue weighted by Crippen LogP contribution is -1.92. The predicted molar refractivity (Wildman–Crippen MR) is 60.7 cm³/mol. The summed E-state index contributed by atoms with van der Waals surface area (Å²) in [5, 5.41) is 2.16. The summed E-state index contributed by atoms with van der Waals surface area (Å²) in [4.78, 5) is 11.3. The number of hydrogen-bond donors (Lipinski definition) is 0. The molecule has 0 aromatic heterocycles. The van der Waals surface area contributed by atoms with Gasteiger partial charge in [0.15, 0.2) is 5.78 Å². The van der Waals surface area contributed by atoms with Gasteiger partial charge in [-0.2, -0.15) is 0 Å². The van der Waals surface area contributed by atoms with Crippen LogP contribution in [0.5, 0.6) is 0 Å². The van der Waals surface area contributed by atoms with Crippen molar-refractivity contribution in [2.75, 3.05) is 0 Å². The Bertz CT molecular complexity index is 452. The normalized spacial score (nSPS) is 9.50. The minimum atomic E-state index is 0. The number of carbonyl (C=O) groups excluding carboxylic acids is 1. The number of hydrogen-bond acceptors (Lipinski definition) is 1. The number of fused-ring (bicyclic) bond motifs is 1. The van der Waals surface area contributed by atoms with Gasteiger partial charge >= 0.3 is 0 Å². The molecule has 72 valence electrons. The first kappa shape index (κ1) is 10.5. The van der Waals surface area contributed by atoms with Crippen LogP contribution in [0, 0.1) is 0 Å². The van der Waals surface area contributed by atoms with Crippen LogP contribution < -0.4 is 0 Å². The summed E-state index contributed by atoms with van der Waals surface area (Å²) >= 11 is 0. The number of benzene rings is 2. The van der Waals surface area contributed by atoms with E-state index in [2.05, 4.69) is 0 Å². The molecule has 0 bridgehead atoms. The van der Waals surface area contributed by atoms with Gasteiger partial charge in [-0.05, 0) is 17.7 Å². The van der Waals surface area contributed by atoms with Crippen molar-refractivity contribution in [1.82, 2.24) is 0 Å². The van der Waals surface area contributed by atoms with E-state index >= 15 is 0 Å². The average molecular weight is 186 g/mol. The molecule has 1 nitrogen and oxygen atoms in total. The number of Topliss-reactive ketones (excluding diaryl/α,β-unsaturated/α-hetero) is 1. The van der Waals surface area contributed by atoms with E-state index in [1.54, 1.807) is 6.92 Å². The van der Waals surface area contributed by atoms with E-state index in [1.807, 2.05) is 42.5 Å². The van der Waals surface area contributed by atoms with Crippen LogP contribution in [-0.2, 0) is 0 Å². The van der Waals surface area contributed by atoms with Crippen LogP contribution in [0.15, 0.2) is 42.5 Å². The van der Waals surface area contributed by atoms with Crippen molar-refractivity contribution in [2.45, 2.75) is 14.4 Å². The quantitative estimate of drug-likeness (QED) is 0.621. The van der Waals surface area contributed by atoms with E-state index in [4.69, 9.17) is 0 Å². The van der Waals surface area contributed by atoms with E-state index < -0.39 is 0 Å². The van der Waals surface area contributed by atoms with Crippen molar-refractivity contribution in [3.63, 3.8) is 0 Å². The van der Waals surface area contributed by atoms with Crippen LogP contribution in [0.2, 0.25) is 0 Å². The fourth-order valence-electron chi connectivity index (χ4n) is 1.53. The van der Waals surface area contributed by atoms with E-state index in [0.29, 0.717) is 0 Å². The second-order valence-electron chi connectivity index (χ2n) is 3.08. The highest BCUT2D eigenvalue weighted by molar-refractivity contribution is 6.06. The Labute approximate surface area is 84.4 Å². The Kier molecular flexibility index (Phi) is 3.03. The number of carbonyl (C=O) groups is 1. The first-order valence-corrected chi connectivity index (χ1v) is 4.28. The summed E-state index contributed by atoms with van der Waals surface area (Å²) in [6.07, 6.45) is 0. The zero-order chi connectivity index (χ0) is 9.26. The van der Waals surface area contributed by atoms with Gasteiger partial charge in [0.05, 0.1) is 0 Å².